The first-order chi connectivity index (χ1) is 9.74. The number of carbonyl (C=O) groups is 1. The predicted molar refractivity (Wildman–Crippen MR) is 83.4 cm³/mol. The van der Waals surface area contributed by atoms with Crippen LogP contribution < -0.4 is 10.2 Å². The van der Waals surface area contributed by atoms with E-state index in [1.807, 2.05) is 12.1 Å². The third kappa shape index (κ3) is 3.73. The molecule has 0 atom stereocenters. The molecule has 1 amide bonds. The fraction of sp³-hybridized carbons (Fsp3) is 0.562. The Morgan fingerprint density at radius 1 is 1.10 bits per heavy atom. The molecule has 110 valence electrons. The van der Waals surface area contributed by atoms with Gasteiger partial charge < -0.3 is 15.1 Å². The smallest absolute Gasteiger partial charge is 0.251 e. The molecule has 0 unspecified atom stereocenters. The fourth-order valence-corrected chi connectivity index (χ4v) is 2.49. The molecule has 1 aromatic carbocycles. The van der Waals surface area contributed by atoms with Crippen LogP contribution in [0.2, 0.25) is 0 Å². The summed E-state index contributed by atoms with van der Waals surface area (Å²) < 4.78 is 0. The molecule has 1 aliphatic rings. The van der Waals surface area contributed by atoms with Crippen LogP contribution in [-0.2, 0) is 0 Å². The van der Waals surface area contributed by atoms with E-state index < -0.39 is 0 Å². The Balaban J connectivity index is 1.93. The van der Waals surface area contributed by atoms with Crippen molar-refractivity contribution in [1.29, 1.82) is 0 Å². The number of likely N-dealkylation sites (N-methyl/N-ethyl adjacent to an activating group) is 1. The average molecular weight is 275 g/mol. The van der Waals surface area contributed by atoms with Gasteiger partial charge in [0, 0.05) is 44.0 Å². The first kappa shape index (κ1) is 14.9. The Kier molecular flexibility index (Phi) is 5.41. The molecule has 1 aliphatic heterocycles. The first-order valence-corrected chi connectivity index (χ1v) is 7.60. The third-order valence-electron chi connectivity index (χ3n) is 3.85. The van der Waals surface area contributed by atoms with E-state index in [2.05, 4.69) is 41.1 Å². The van der Waals surface area contributed by atoms with Gasteiger partial charge >= 0.3 is 0 Å². The van der Waals surface area contributed by atoms with Gasteiger partial charge in [0.1, 0.15) is 0 Å². The lowest BCUT2D eigenvalue weighted by Crippen LogP contribution is -2.46. The molecule has 1 fully saturated rings. The molecular weight excluding hydrogens is 250 g/mol. The number of nitrogens with one attached hydrogen (secondary N) is 1. The molecule has 0 aromatic heterocycles. The molecule has 0 saturated carbocycles. The van der Waals surface area contributed by atoms with Crippen LogP contribution in [0.3, 0.4) is 0 Å². The maximum absolute atomic E-state index is 11.8. The molecule has 4 heteroatoms. The molecule has 1 N–H and O–H groups in total. The number of rotatable bonds is 5. The molecule has 0 spiro atoms. The largest absolute Gasteiger partial charge is 0.369 e. The Bertz CT molecular complexity index is 422. The molecule has 20 heavy (non-hydrogen) atoms. The van der Waals surface area contributed by atoms with Gasteiger partial charge in [0.05, 0.1) is 0 Å². The summed E-state index contributed by atoms with van der Waals surface area (Å²) in [4.78, 5) is 16.7. The first-order valence-electron chi connectivity index (χ1n) is 7.60. The SMILES string of the molecule is CCCNC(=O)c1ccc(N2CCN(CC)CC2)cc1. The lowest BCUT2D eigenvalue weighted by atomic mass is 10.1. The molecule has 0 aliphatic carbocycles. The maximum Gasteiger partial charge on any atom is 0.251 e. The van der Waals surface area contributed by atoms with Crippen molar-refractivity contribution < 1.29 is 4.79 Å². The highest BCUT2D eigenvalue weighted by atomic mass is 16.1. The second-order valence-electron chi connectivity index (χ2n) is 5.22. The van der Waals surface area contributed by atoms with Crippen molar-refractivity contribution in [1.82, 2.24) is 10.2 Å². The van der Waals surface area contributed by atoms with E-state index >= 15 is 0 Å². The number of amides is 1. The number of hydrogen-bond donors (Lipinski definition) is 1. The lowest BCUT2D eigenvalue weighted by Gasteiger charge is -2.35. The van der Waals surface area contributed by atoms with Gasteiger partial charge in [-0.3, -0.25) is 4.79 Å². The number of piperazine rings is 1. The van der Waals surface area contributed by atoms with E-state index in [4.69, 9.17) is 0 Å². The van der Waals surface area contributed by atoms with Gasteiger partial charge in [-0.15, -0.1) is 0 Å². The summed E-state index contributed by atoms with van der Waals surface area (Å²) in [5.74, 6) is 0.0224. The van der Waals surface area contributed by atoms with Crippen LogP contribution in [0.1, 0.15) is 30.6 Å². The van der Waals surface area contributed by atoms with Gasteiger partial charge in [0.25, 0.3) is 5.91 Å². The molecule has 4 nitrogen and oxygen atoms in total. The van der Waals surface area contributed by atoms with Crippen molar-refractivity contribution >= 4 is 11.6 Å². The number of benzene rings is 1. The molecule has 2 rings (SSSR count). The Labute approximate surface area is 121 Å². The molecular formula is C16H25N3O. The van der Waals surface area contributed by atoms with Crippen LogP contribution in [0.15, 0.2) is 24.3 Å². The highest BCUT2D eigenvalue weighted by Crippen LogP contribution is 2.17. The summed E-state index contributed by atoms with van der Waals surface area (Å²) in [5.41, 5.74) is 1.96. The summed E-state index contributed by atoms with van der Waals surface area (Å²) in [6, 6.07) is 7.96. The van der Waals surface area contributed by atoms with Crippen molar-refractivity contribution in [3.8, 4) is 0 Å². The van der Waals surface area contributed by atoms with E-state index in [0.29, 0.717) is 0 Å². The highest BCUT2D eigenvalue weighted by Gasteiger charge is 2.16. The van der Waals surface area contributed by atoms with E-state index in [9.17, 15) is 4.79 Å². The van der Waals surface area contributed by atoms with E-state index in [0.717, 1.165) is 51.3 Å². The third-order valence-corrected chi connectivity index (χ3v) is 3.85. The Morgan fingerprint density at radius 2 is 1.75 bits per heavy atom. The van der Waals surface area contributed by atoms with Crippen LogP contribution in [-0.4, -0.2) is 50.1 Å². The summed E-state index contributed by atoms with van der Waals surface area (Å²) in [5, 5.41) is 2.90. The van der Waals surface area contributed by atoms with Gasteiger partial charge in [-0.2, -0.15) is 0 Å². The van der Waals surface area contributed by atoms with Gasteiger partial charge in [0.2, 0.25) is 0 Å². The highest BCUT2D eigenvalue weighted by molar-refractivity contribution is 5.94. The maximum atomic E-state index is 11.8. The summed E-state index contributed by atoms with van der Waals surface area (Å²) >= 11 is 0. The van der Waals surface area contributed by atoms with Crippen LogP contribution in [0.5, 0.6) is 0 Å². The quantitative estimate of drug-likeness (QED) is 0.892. The second-order valence-corrected chi connectivity index (χ2v) is 5.22. The van der Waals surface area contributed by atoms with Crippen molar-refractivity contribution in [3.05, 3.63) is 29.8 Å². The minimum Gasteiger partial charge on any atom is -0.369 e. The van der Waals surface area contributed by atoms with E-state index in [1.54, 1.807) is 0 Å². The van der Waals surface area contributed by atoms with Gasteiger partial charge in [0.15, 0.2) is 0 Å². The second kappa shape index (κ2) is 7.29. The molecule has 0 bridgehead atoms. The topological polar surface area (TPSA) is 35.6 Å². The normalized spacial score (nSPS) is 16.2. The molecule has 1 heterocycles. The van der Waals surface area contributed by atoms with Crippen molar-refractivity contribution in [2.24, 2.45) is 0 Å². The van der Waals surface area contributed by atoms with Gasteiger partial charge in [-0.1, -0.05) is 13.8 Å². The predicted octanol–water partition coefficient (Wildman–Crippen LogP) is 1.97. The monoisotopic (exact) mass is 275 g/mol. The Hall–Kier alpha value is -1.55. The minimum absolute atomic E-state index is 0.0224. The van der Waals surface area contributed by atoms with Crippen molar-refractivity contribution in [2.45, 2.75) is 20.3 Å². The van der Waals surface area contributed by atoms with Crippen LogP contribution in [0, 0.1) is 0 Å². The summed E-state index contributed by atoms with van der Waals surface area (Å²) in [6.07, 6.45) is 0.964. The number of hydrogen-bond acceptors (Lipinski definition) is 3. The Morgan fingerprint density at radius 3 is 2.30 bits per heavy atom. The zero-order valence-corrected chi connectivity index (χ0v) is 12.6. The molecule has 1 saturated heterocycles. The van der Waals surface area contributed by atoms with Crippen LogP contribution in [0.25, 0.3) is 0 Å². The van der Waals surface area contributed by atoms with Crippen LogP contribution in [0.4, 0.5) is 5.69 Å². The van der Waals surface area contributed by atoms with Gasteiger partial charge in [-0.25, -0.2) is 0 Å². The average Bonchev–Trinajstić information content (AvgIpc) is 2.53. The van der Waals surface area contributed by atoms with E-state index in [-0.39, 0.29) is 5.91 Å². The summed E-state index contributed by atoms with van der Waals surface area (Å²) in [6.45, 7) is 10.5. The van der Waals surface area contributed by atoms with Crippen LogP contribution >= 0.6 is 0 Å². The zero-order valence-electron chi connectivity index (χ0n) is 12.6. The fourth-order valence-electron chi connectivity index (χ4n) is 2.49. The molecule has 0 radical (unpaired) electrons. The zero-order chi connectivity index (χ0) is 14.4. The van der Waals surface area contributed by atoms with E-state index in [1.165, 1.54) is 5.69 Å². The standard InChI is InChI=1S/C16H25N3O/c1-3-9-17-16(20)14-5-7-15(8-6-14)19-12-10-18(4-2)11-13-19/h5-8H,3-4,9-13H2,1-2H3,(H,17,20). The molecule has 1 aromatic rings. The summed E-state index contributed by atoms with van der Waals surface area (Å²) in [7, 11) is 0. The van der Waals surface area contributed by atoms with Crippen molar-refractivity contribution in [3.63, 3.8) is 0 Å². The number of anilines is 1. The minimum atomic E-state index is 0.0224. The lowest BCUT2D eigenvalue weighted by molar-refractivity contribution is 0.0953. The number of nitrogens with zero attached hydrogens (tertiary/aromatic N) is 2. The number of carbonyl (C=O) groups excluding carboxylic acids is 1. The van der Waals surface area contributed by atoms with Crippen molar-refractivity contribution in [2.75, 3.05) is 44.2 Å². The van der Waals surface area contributed by atoms with Gasteiger partial charge in [-0.05, 0) is 37.2 Å².